The first-order valence-electron chi connectivity index (χ1n) is 7.00. The highest BCUT2D eigenvalue weighted by atomic mass is 16.5. The van der Waals surface area contributed by atoms with Crippen molar-refractivity contribution in [2.45, 2.75) is 26.4 Å². The van der Waals surface area contributed by atoms with Gasteiger partial charge in [0, 0.05) is 53.4 Å². The normalized spacial score (nSPS) is 14.1. The number of carbonyl (C=O) groups excluding carboxylic acids is 1. The molecule has 0 fully saturated rings. The van der Waals surface area contributed by atoms with Gasteiger partial charge in [0.1, 0.15) is 0 Å². The van der Waals surface area contributed by atoms with Crippen LogP contribution in [0.5, 0.6) is 0 Å². The van der Waals surface area contributed by atoms with Gasteiger partial charge in [-0.05, 0) is 6.42 Å². The number of carbonyl (C=O) groups is 1. The molecule has 0 aromatic heterocycles. The van der Waals surface area contributed by atoms with E-state index >= 15 is 0 Å². The van der Waals surface area contributed by atoms with Gasteiger partial charge in [0.05, 0.1) is 19.3 Å². The Morgan fingerprint density at radius 1 is 1.25 bits per heavy atom. The van der Waals surface area contributed by atoms with Gasteiger partial charge in [-0.25, -0.2) is 0 Å². The standard InChI is InChI=1S/C14H29NO5/c1-12(9-16)10-20-14(11-19-4)8-15(13(2)17)6-5-7-18-3/h12,14,16H,5-11H2,1-4H3. The second kappa shape index (κ2) is 12.1. The third-order valence-electron chi connectivity index (χ3n) is 2.93. The zero-order chi connectivity index (χ0) is 15.4. The molecule has 0 aliphatic rings. The van der Waals surface area contributed by atoms with Crippen molar-refractivity contribution >= 4 is 5.91 Å². The van der Waals surface area contributed by atoms with Crippen LogP contribution in [-0.4, -0.2) is 75.8 Å². The minimum absolute atomic E-state index is 0.0148. The number of hydrogen-bond donors (Lipinski definition) is 1. The van der Waals surface area contributed by atoms with Crippen LogP contribution in [0, 0.1) is 5.92 Å². The molecule has 120 valence electrons. The lowest BCUT2D eigenvalue weighted by Crippen LogP contribution is -2.40. The summed E-state index contributed by atoms with van der Waals surface area (Å²) in [6.07, 6.45) is 0.614. The Morgan fingerprint density at radius 2 is 1.95 bits per heavy atom. The van der Waals surface area contributed by atoms with Crippen molar-refractivity contribution in [1.29, 1.82) is 0 Å². The maximum Gasteiger partial charge on any atom is 0.219 e. The monoisotopic (exact) mass is 291 g/mol. The zero-order valence-corrected chi connectivity index (χ0v) is 13.1. The van der Waals surface area contributed by atoms with Gasteiger partial charge in [0.2, 0.25) is 5.91 Å². The topological polar surface area (TPSA) is 68.2 Å². The SMILES string of the molecule is COCCCN(CC(COC)OCC(C)CO)C(C)=O. The fourth-order valence-corrected chi connectivity index (χ4v) is 1.72. The third-order valence-corrected chi connectivity index (χ3v) is 2.93. The molecule has 0 aliphatic heterocycles. The summed E-state index contributed by atoms with van der Waals surface area (Å²) in [5, 5.41) is 9.00. The van der Waals surface area contributed by atoms with E-state index in [9.17, 15) is 4.79 Å². The molecule has 0 radical (unpaired) electrons. The number of aliphatic hydroxyl groups is 1. The number of hydrogen-bond acceptors (Lipinski definition) is 5. The van der Waals surface area contributed by atoms with E-state index in [0.717, 1.165) is 6.42 Å². The number of ether oxygens (including phenoxy) is 3. The Morgan fingerprint density at radius 3 is 2.45 bits per heavy atom. The average molecular weight is 291 g/mol. The van der Waals surface area contributed by atoms with Gasteiger partial charge in [-0.15, -0.1) is 0 Å². The van der Waals surface area contributed by atoms with Crippen LogP contribution in [0.2, 0.25) is 0 Å². The molecule has 0 aromatic carbocycles. The van der Waals surface area contributed by atoms with E-state index in [0.29, 0.717) is 32.9 Å². The van der Waals surface area contributed by atoms with Crippen molar-refractivity contribution in [1.82, 2.24) is 4.90 Å². The summed E-state index contributed by atoms with van der Waals surface area (Å²) in [4.78, 5) is 13.4. The second-order valence-electron chi connectivity index (χ2n) is 5.01. The Labute approximate surface area is 122 Å². The van der Waals surface area contributed by atoms with Crippen LogP contribution < -0.4 is 0 Å². The van der Waals surface area contributed by atoms with E-state index < -0.39 is 0 Å². The Bertz CT molecular complexity index is 250. The van der Waals surface area contributed by atoms with E-state index in [4.69, 9.17) is 19.3 Å². The number of aliphatic hydroxyl groups excluding tert-OH is 1. The van der Waals surface area contributed by atoms with Crippen LogP contribution in [0.4, 0.5) is 0 Å². The van der Waals surface area contributed by atoms with Crippen molar-refractivity contribution in [2.24, 2.45) is 5.92 Å². The maximum atomic E-state index is 11.6. The van der Waals surface area contributed by atoms with Crippen LogP contribution >= 0.6 is 0 Å². The summed E-state index contributed by atoms with van der Waals surface area (Å²) in [7, 11) is 3.25. The van der Waals surface area contributed by atoms with Crippen LogP contribution in [0.15, 0.2) is 0 Å². The molecule has 0 bridgehead atoms. The van der Waals surface area contributed by atoms with Gasteiger partial charge in [-0.3, -0.25) is 4.79 Å². The Balaban J connectivity index is 4.29. The summed E-state index contributed by atoms with van der Waals surface area (Å²) in [5.41, 5.74) is 0. The van der Waals surface area contributed by atoms with Crippen LogP contribution in [0.25, 0.3) is 0 Å². The molecular formula is C14H29NO5. The van der Waals surface area contributed by atoms with Gasteiger partial charge in [-0.1, -0.05) is 6.92 Å². The molecular weight excluding hydrogens is 262 g/mol. The first-order chi connectivity index (χ1) is 9.54. The second-order valence-corrected chi connectivity index (χ2v) is 5.01. The van der Waals surface area contributed by atoms with Gasteiger partial charge >= 0.3 is 0 Å². The predicted octanol–water partition coefficient (Wildman–Crippen LogP) is 0.531. The molecule has 6 nitrogen and oxygen atoms in total. The molecule has 0 saturated carbocycles. The summed E-state index contributed by atoms with van der Waals surface area (Å²) in [6.45, 7) is 6.18. The van der Waals surface area contributed by atoms with Crippen molar-refractivity contribution in [3.05, 3.63) is 0 Å². The summed E-state index contributed by atoms with van der Waals surface area (Å²) >= 11 is 0. The molecule has 0 aromatic rings. The van der Waals surface area contributed by atoms with E-state index in [2.05, 4.69) is 0 Å². The van der Waals surface area contributed by atoms with Crippen LogP contribution in [0.3, 0.4) is 0 Å². The highest BCUT2D eigenvalue weighted by molar-refractivity contribution is 5.73. The van der Waals surface area contributed by atoms with Gasteiger partial charge in [0.25, 0.3) is 0 Å². The van der Waals surface area contributed by atoms with Crippen molar-refractivity contribution < 1.29 is 24.1 Å². The van der Waals surface area contributed by atoms with Crippen LogP contribution in [0.1, 0.15) is 20.3 Å². The van der Waals surface area contributed by atoms with E-state index in [1.807, 2.05) is 6.92 Å². The summed E-state index contributed by atoms with van der Waals surface area (Å²) < 4.78 is 15.8. The van der Waals surface area contributed by atoms with Gasteiger partial charge in [-0.2, -0.15) is 0 Å². The quantitative estimate of drug-likeness (QED) is 0.531. The molecule has 2 unspecified atom stereocenters. The number of amides is 1. The van der Waals surface area contributed by atoms with E-state index in [1.165, 1.54) is 0 Å². The van der Waals surface area contributed by atoms with E-state index in [-0.39, 0.29) is 24.5 Å². The lowest BCUT2D eigenvalue weighted by Gasteiger charge is -2.27. The van der Waals surface area contributed by atoms with Crippen molar-refractivity contribution in [3.63, 3.8) is 0 Å². The molecule has 1 N–H and O–H groups in total. The molecule has 0 aliphatic carbocycles. The minimum atomic E-state index is -0.180. The van der Waals surface area contributed by atoms with Crippen molar-refractivity contribution in [3.8, 4) is 0 Å². The Kier molecular flexibility index (Phi) is 11.7. The van der Waals surface area contributed by atoms with Crippen molar-refractivity contribution in [2.75, 3.05) is 53.7 Å². The highest BCUT2D eigenvalue weighted by Gasteiger charge is 2.17. The molecule has 2 atom stereocenters. The molecule has 1 amide bonds. The number of nitrogens with zero attached hydrogens (tertiary/aromatic N) is 1. The molecule has 20 heavy (non-hydrogen) atoms. The fraction of sp³-hybridized carbons (Fsp3) is 0.929. The highest BCUT2D eigenvalue weighted by Crippen LogP contribution is 2.04. The first-order valence-corrected chi connectivity index (χ1v) is 7.00. The first kappa shape index (κ1) is 19.3. The average Bonchev–Trinajstić information content (AvgIpc) is 2.43. The molecule has 0 rings (SSSR count). The lowest BCUT2D eigenvalue weighted by molar-refractivity contribution is -0.132. The third kappa shape index (κ3) is 9.25. The van der Waals surface area contributed by atoms with Crippen LogP contribution in [-0.2, 0) is 19.0 Å². The number of rotatable bonds is 12. The molecule has 0 saturated heterocycles. The molecule has 6 heteroatoms. The minimum Gasteiger partial charge on any atom is -0.396 e. The predicted molar refractivity (Wildman–Crippen MR) is 76.6 cm³/mol. The van der Waals surface area contributed by atoms with Gasteiger partial charge in [0.15, 0.2) is 0 Å². The molecule has 0 heterocycles. The molecule has 0 spiro atoms. The Hall–Kier alpha value is -0.690. The summed E-state index contributed by atoms with van der Waals surface area (Å²) in [5.74, 6) is 0.0923. The fourth-order valence-electron chi connectivity index (χ4n) is 1.72. The largest absolute Gasteiger partial charge is 0.396 e. The van der Waals surface area contributed by atoms with E-state index in [1.54, 1.807) is 26.0 Å². The zero-order valence-electron chi connectivity index (χ0n) is 13.1. The lowest BCUT2D eigenvalue weighted by atomic mass is 10.2. The number of methoxy groups -OCH3 is 2. The maximum absolute atomic E-state index is 11.6. The van der Waals surface area contributed by atoms with Gasteiger partial charge < -0.3 is 24.2 Å². The smallest absolute Gasteiger partial charge is 0.219 e. The summed E-state index contributed by atoms with van der Waals surface area (Å²) in [6, 6.07) is 0.